The topological polar surface area (TPSA) is 238 Å². The predicted molar refractivity (Wildman–Crippen MR) is 227 cm³/mol. The summed E-state index contributed by atoms with van der Waals surface area (Å²) in [7, 11) is 0. The highest BCUT2D eigenvalue weighted by atomic mass is 16.6. The zero-order chi connectivity index (χ0) is 47.2. The van der Waals surface area contributed by atoms with Crippen LogP contribution in [0.5, 0.6) is 0 Å². The number of aliphatic hydroxyl groups is 3. The molecular formula is C49H53NO15. The van der Waals surface area contributed by atoms with Crippen molar-refractivity contribution in [1.29, 1.82) is 0 Å². The number of ether oxygens (including phenoxy) is 5. The van der Waals surface area contributed by atoms with Gasteiger partial charge in [-0.05, 0) is 61.7 Å². The molecule has 0 spiro atoms. The van der Waals surface area contributed by atoms with Gasteiger partial charge in [-0.1, -0.05) is 80.6 Å². The fourth-order valence-corrected chi connectivity index (χ4v) is 10.4. The van der Waals surface area contributed by atoms with E-state index in [0.717, 1.165) is 13.8 Å². The molecule has 2 saturated carbocycles. The standard InChI is InChI=1S/C49H53NO15/c1-26(51)22-35(54)63-39(37(29-16-10-7-11-17-29)50-43(57)30-18-12-8-13-19-30)45(59)62-32-24-49(60)42(64-44(58)31-20-14-9-15-21-31)40-47(6,41(56)38(55)36(27(32)2)46(49,4)5)33(53)23-34-48(40,25-61-34)65-28(3)52/h7-21,32-34,37-40,42,53,55,60H,22-25H2,1-6H3,(H,50,57)/t32-,33-,34+,37-,38+,39+,40?,42-,47+,48-,49+/m0/s1. The lowest BCUT2D eigenvalue weighted by atomic mass is 9.44. The minimum Gasteiger partial charge on any atom is -0.455 e. The molecule has 0 radical (unpaired) electrons. The Morgan fingerprint density at radius 1 is 0.846 bits per heavy atom. The van der Waals surface area contributed by atoms with Crippen LogP contribution in [0.1, 0.15) is 93.1 Å². The first-order chi connectivity index (χ1) is 30.7. The maximum atomic E-state index is 15.1. The molecule has 2 bridgehead atoms. The molecule has 4 aliphatic rings. The molecule has 1 saturated heterocycles. The molecule has 7 rings (SSSR count). The number of fused-ring (bicyclic) bond motifs is 5. The molecule has 1 amide bonds. The first-order valence-corrected chi connectivity index (χ1v) is 21.4. The first-order valence-electron chi connectivity index (χ1n) is 21.4. The minimum atomic E-state index is -2.43. The number of aliphatic hydroxyl groups excluding tert-OH is 2. The normalized spacial score (nSPS) is 30.9. The molecule has 16 nitrogen and oxygen atoms in total. The highest BCUT2D eigenvalue weighted by molar-refractivity contribution is 5.97. The van der Waals surface area contributed by atoms with Crippen LogP contribution in [-0.2, 0) is 47.7 Å². The first kappa shape index (κ1) is 46.9. The van der Waals surface area contributed by atoms with E-state index in [9.17, 15) is 44.1 Å². The van der Waals surface area contributed by atoms with Gasteiger partial charge in [-0.15, -0.1) is 0 Å². The molecule has 11 atom stereocenters. The number of ketones is 2. The maximum Gasteiger partial charge on any atom is 0.350 e. The number of carbonyl (C=O) groups is 7. The quantitative estimate of drug-likeness (QED) is 0.0878. The third-order valence-electron chi connectivity index (χ3n) is 13.8. The Labute approximate surface area is 375 Å². The molecule has 3 aromatic rings. The maximum absolute atomic E-state index is 15.1. The fourth-order valence-electron chi connectivity index (χ4n) is 10.4. The van der Waals surface area contributed by atoms with E-state index in [0.29, 0.717) is 5.56 Å². The molecular weight excluding hydrogens is 843 g/mol. The van der Waals surface area contributed by atoms with Crippen molar-refractivity contribution in [1.82, 2.24) is 5.32 Å². The summed E-state index contributed by atoms with van der Waals surface area (Å²) in [4.78, 5) is 96.4. The van der Waals surface area contributed by atoms with Gasteiger partial charge in [0.2, 0.25) is 6.10 Å². The van der Waals surface area contributed by atoms with Crippen LogP contribution in [0.15, 0.2) is 102 Å². The fraction of sp³-hybridized carbons (Fsp3) is 0.449. The van der Waals surface area contributed by atoms with Crippen molar-refractivity contribution in [2.75, 3.05) is 6.61 Å². The third-order valence-corrected chi connectivity index (χ3v) is 13.8. The van der Waals surface area contributed by atoms with Gasteiger partial charge in [0.25, 0.3) is 5.91 Å². The largest absolute Gasteiger partial charge is 0.455 e. The van der Waals surface area contributed by atoms with Crippen molar-refractivity contribution in [2.45, 2.75) is 115 Å². The van der Waals surface area contributed by atoms with Crippen LogP contribution in [0.3, 0.4) is 0 Å². The molecule has 1 heterocycles. The predicted octanol–water partition coefficient (Wildman–Crippen LogP) is 3.69. The SMILES string of the molecule is CC(=O)CC(=O)O[C@@H](C(=O)O[C@H]1C[C@@]2(O)[C@@H](OC(=O)c3ccccc3)C3[C@](C)(C(=O)[C@H](O)C(=C1C)C2(C)C)[C@@H](O)C[C@H]1OC[C@@]31OC(C)=O)[C@@H](NC(=O)c1ccccc1)c1ccccc1. The second-order valence-electron chi connectivity index (χ2n) is 18.1. The second-order valence-corrected chi connectivity index (χ2v) is 18.1. The van der Waals surface area contributed by atoms with Crippen LogP contribution in [0.4, 0.5) is 0 Å². The molecule has 3 aromatic carbocycles. The van der Waals surface area contributed by atoms with Gasteiger partial charge in [0.05, 0.1) is 29.6 Å². The highest BCUT2D eigenvalue weighted by Gasteiger charge is 2.78. The number of nitrogens with one attached hydrogen (secondary N) is 1. The Kier molecular flexibility index (Phi) is 12.8. The molecule has 1 aliphatic heterocycles. The lowest BCUT2D eigenvalue weighted by molar-refractivity contribution is -0.346. The number of hydrogen-bond acceptors (Lipinski definition) is 15. The Bertz CT molecular complexity index is 2400. The number of esters is 4. The van der Waals surface area contributed by atoms with Crippen molar-refractivity contribution in [2.24, 2.45) is 16.7 Å². The summed E-state index contributed by atoms with van der Waals surface area (Å²) in [5.74, 6) is -7.88. The molecule has 16 heteroatoms. The average Bonchev–Trinajstić information content (AvgIpc) is 3.26. The summed E-state index contributed by atoms with van der Waals surface area (Å²) in [6.45, 7) is 7.86. The van der Waals surface area contributed by atoms with Crippen LogP contribution in [-0.4, -0.2) is 111 Å². The zero-order valence-electron chi connectivity index (χ0n) is 36.8. The summed E-state index contributed by atoms with van der Waals surface area (Å²) >= 11 is 0. The molecule has 4 N–H and O–H groups in total. The molecule has 0 aromatic heterocycles. The van der Waals surface area contributed by atoms with Crippen molar-refractivity contribution >= 4 is 41.4 Å². The van der Waals surface area contributed by atoms with Crippen LogP contribution >= 0.6 is 0 Å². The second kappa shape index (κ2) is 17.7. The van der Waals surface area contributed by atoms with Crippen LogP contribution in [0, 0.1) is 16.7 Å². The average molecular weight is 896 g/mol. The van der Waals surface area contributed by atoms with Gasteiger partial charge in [-0.2, -0.15) is 0 Å². The van der Waals surface area contributed by atoms with Crippen LogP contribution < -0.4 is 5.32 Å². The highest BCUT2D eigenvalue weighted by Crippen LogP contribution is 2.64. The van der Waals surface area contributed by atoms with Gasteiger partial charge in [0, 0.05) is 30.7 Å². The van der Waals surface area contributed by atoms with Gasteiger partial charge < -0.3 is 44.3 Å². The van der Waals surface area contributed by atoms with Gasteiger partial charge in [-0.25, -0.2) is 9.59 Å². The number of Topliss-reactive ketones (excluding diaryl/α,β-unsaturated/α-hetero) is 2. The minimum absolute atomic E-state index is 0.0498. The number of hydrogen-bond donors (Lipinski definition) is 4. The van der Waals surface area contributed by atoms with E-state index < -0.39 is 125 Å². The van der Waals surface area contributed by atoms with E-state index in [1.807, 2.05) is 0 Å². The van der Waals surface area contributed by atoms with E-state index in [4.69, 9.17) is 23.7 Å². The van der Waals surface area contributed by atoms with E-state index in [1.54, 1.807) is 66.7 Å². The molecule has 3 aliphatic carbocycles. The number of carbonyl (C=O) groups excluding carboxylic acids is 7. The Balaban J connectivity index is 1.38. The van der Waals surface area contributed by atoms with Gasteiger partial charge in [0.15, 0.2) is 11.4 Å². The summed E-state index contributed by atoms with van der Waals surface area (Å²) in [6, 6.07) is 22.5. The molecule has 3 fully saturated rings. The van der Waals surface area contributed by atoms with Crippen LogP contribution in [0.25, 0.3) is 0 Å². The lowest BCUT2D eigenvalue weighted by Crippen LogP contribution is -2.81. The molecule has 65 heavy (non-hydrogen) atoms. The van der Waals surface area contributed by atoms with Gasteiger partial charge in [0.1, 0.15) is 48.3 Å². The summed E-state index contributed by atoms with van der Waals surface area (Å²) in [6.07, 6.45) is -11.6. The van der Waals surface area contributed by atoms with E-state index in [1.165, 1.54) is 52.0 Å². The van der Waals surface area contributed by atoms with Crippen molar-refractivity contribution in [3.63, 3.8) is 0 Å². The van der Waals surface area contributed by atoms with Crippen molar-refractivity contribution < 1.29 is 72.6 Å². The monoisotopic (exact) mass is 895 g/mol. The summed E-state index contributed by atoms with van der Waals surface area (Å²) in [5, 5.41) is 40.7. The van der Waals surface area contributed by atoms with Gasteiger partial charge >= 0.3 is 23.9 Å². The zero-order valence-corrected chi connectivity index (χ0v) is 36.8. The van der Waals surface area contributed by atoms with E-state index >= 15 is 4.79 Å². The molecule has 1 unspecified atom stereocenters. The Morgan fingerprint density at radius 3 is 1.98 bits per heavy atom. The van der Waals surface area contributed by atoms with E-state index in [2.05, 4.69) is 5.32 Å². The van der Waals surface area contributed by atoms with Crippen molar-refractivity contribution in [3.05, 3.63) is 119 Å². The van der Waals surface area contributed by atoms with Crippen LogP contribution in [0.2, 0.25) is 0 Å². The number of benzene rings is 3. The Hall–Kier alpha value is -6.07. The van der Waals surface area contributed by atoms with Gasteiger partial charge in [-0.3, -0.25) is 24.0 Å². The summed E-state index contributed by atoms with van der Waals surface area (Å²) in [5.41, 5.74) is -7.44. The summed E-state index contributed by atoms with van der Waals surface area (Å²) < 4.78 is 30.2. The van der Waals surface area contributed by atoms with E-state index in [-0.39, 0.29) is 35.3 Å². The number of amides is 1. The van der Waals surface area contributed by atoms with Crippen molar-refractivity contribution in [3.8, 4) is 0 Å². The molecule has 344 valence electrons. The number of rotatable bonds is 12. The lowest BCUT2D eigenvalue weighted by Gasteiger charge is -2.67. The third kappa shape index (κ3) is 8.17. The Morgan fingerprint density at radius 2 is 1.43 bits per heavy atom. The smallest absolute Gasteiger partial charge is 0.350 e.